The van der Waals surface area contributed by atoms with Gasteiger partial charge in [-0.3, -0.25) is 4.98 Å². The Hall–Kier alpha value is -1.09. The van der Waals surface area contributed by atoms with Crippen LogP contribution in [0.25, 0.3) is 0 Å². The first-order valence-corrected chi connectivity index (χ1v) is 7.90. The number of anilines is 1. The van der Waals surface area contributed by atoms with E-state index in [1.807, 2.05) is 12.3 Å². The zero-order valence-corrected chi connectivity index (χ0v) is 13.3. The lowest BCUT2D eigenvalue weighted by Crippen LogP contribution is -2.48. The Balaban J connectivity index is 2.29. The molecular weight excluding hydrogens is 246 g/mol. The smallest absolute Gasteiger partial charge is 0.0383 e. The van der Waals surface area contributed by atoms with E-state index in [-0.39, 0.29) is 5.41 Å². The van der Waals surface area contributed by atoms with Gasteiger partial charge in [-0.2, -0.15) is 0 Å². The molecule has 0 bridgehead atoms. The van der Waals surface area contributed by atoms with Gasteiger partial charge in [0.2, 0.25) is 0 Å². The number of pyridine rings is 1. The van der Waals surface area contributed by atoms with Crippen LogP contribution in [0.1, 0.15) is 52.5 Å². The molecule has 3 N–H and O–H groups in total. The van der Waals surface area contributed by atoms with E-state index in [4.69, 9.17) is 5.73 Å². The van der Waals surface area contributed by atoms with E-state index in [1.54, 1.807) is 6.20 Å². The first-order valence-electron chi connectivity index (χ1n) is 7.90. The fourth-order valence-corrected chi connectivity index (χ4v) is 3.88. The number of nitrogens with zero attached hydrogens (tertiary/aromatic N) is 1. The maximum atomic E-state index is 6.20. The molecule has 2 rings (SSSR count). The molecule has 0 aliphatic heterocycles. The van der Waals surface area contributed by atoms with E-state index in [0.29, 0.717) is 12.0 Å². The van der Waals surface area contributed by atoms with Crippen LogP contribution >= 0.6 is 0 Å². The van der Waals surface area contributed by atoms with Crippen LogP contribution < -0.4 is 11.1 Å². The molecule has 1 heterocycles. The van der Waals surface area contributed by atoms with Crippen molar-refractivity contribution in [3.05, 3.63) is 24.0 Å². The molecular formula is C17H29N3. The van der Waals surface area contributed by atoms with E-state index in [2.05, 4.69) is 38.0 Å². The lowest BCUT2D eigenvalue weighted by Gasteiger charge is -2.45. The van der Waals surface area contributed by atoms with E-state index in [0.717, 1.165) is 18.2 Å². The average molecular weight is 275 g/mol. The molecule has 1 saturated carbocycles. The van der Waals surface area contributed by atoms with E-state index in [1.165, 1.54) is 24.8 Å². The molecule has 0 radical (unpaired) electrons. The number of hydrogen-bond acceptors (Lipinski definition) is 3. The monoisotopic (exact) mass is 275 g/mol. The van der Waals surface area contributed by atoms with Gasteiger partial charge in [-0.1, -0.05) is 34.1 Å². The van der Waals surface area contributed by atoms with Crippen LogP contribution in [0.5, 0.6) is 0 Å². The third-order valence-corrected chi connectivity index (χ3v) is 5.05. The van der Waals surface area contributed by atoms with Crippen LogP contribution in [-0.4, -0.2) is 17.6 Å². The fourth-order valence-electron chi connectivity index (χ4n) is 3.88. The molecule has 1 aliphatic carbocycles. The Labute approximate surface area is 123 Å². The zero-order chi connectivity index (χ0) is 14.8. The number of aromatic nitrogens is 1. The molecule has 0 amide bonds. The van der Waals surface area contributed by atoms with Crippen LogP contribution in [0.15, 0.2) is 18.5 Å². The third-order valence-electron chi connectivity index (χ3n) is 5.05. The van der Waals surface area contributed by atoms with Crippen molar-refractivity contribution in [1.82, 2.24) is 10.3 Å². The second kappa shape index (κ2) is 6.13. The molecule has 112 valence electrons. The van der Waals surface area contributed by atoms with E-state index in [9.17, 15) is 0 Å². The Kier molecular flexibility index (Phi) is 4.69. The highest BCUT2D eigenvalue weighted by Crippen LogP contribution is 2.43. The summed E-state index contributed by atoms with van der Waals surface area (Å²) in [4.78, 5) is 4.29. The Morgan fingerprint density at radius 2 is 2.15 bits per heavy atom. The SMILES string of the molecule is CCNC1CC(C)CCC1C(C)(C)c1cnccc1N. The Morgan fingerprint density at radius 3 is 2.80 bits per heavy atom. The van der Waals surface area contributed by atoms with Gasteiger partial charge in [-0.15, -0.1) is 0 Å². The van der Waals surface area contributed by atoms with Crippen molar-refractivity contribution in [3.63, 3.8) is 0 Å². The Morgan fingerprint density at radius 1 is 1.40 bits per heavy atom. The minimum absolute atomic E-state index is 0.0608. The van der Waals surface area contributed by atoms with Gasteiger partial charge in [0.25, 0.3) is 0 Å². The number of rotatable bonds is 4. The predicted octanol–water partition coefficient (Wildman–Crippen LogP) is 3.36. The maximum absolute atomic E-state index is 6.20. The van der Waals surface area contributed by atoms with Gasteiger partial charge >= 0.3 is 0 Å². The van der Waals surface area contributed by atoms with Crippen molar-refractivity contribution in [3.8, 4) is 0 Å². The van der Waals surface area contributed by atoms with Crippen molar-refractivity contribution in [2.24, 2.45) is 11.8 Å². The highest BCUT2D eigenvalue weighted by molar-refractivity contribution is 5.48. The lowest BCUT2D eigenvalue weighted by molar-refractivity contribution is 0.147. The van der Waals surface area contributed by atoms with Crippen molar-refractivity contribution in [2.45, 2.75) is 58.4 Å². The quantitative estimate of drug-likeness (QED) is 0.886. The molecule has 3 nitrogen and oxygen atoms in total. The van der Waals surface area contributed by atoms with E-state index < -0.39 is 0 Å². The Bertz CT molecular complexity index is 442. The first kappa shape index (κ1) is 15.3. The summed E-state index contributed by atoms with van der Waals surface area (Å²) in [5.74, 6) is 1.43. The van der Waals surface area contributed by atoms with Crippen LogP contribution in [0, 0.1) is 11.8 Å². The lowest BCUT2D eigenvalue weighted by atomic mass is 9.63. The summed E-state index contributed by atoms with van der Waals surface area (Å²) in [5.41, 5.74) is 8.33. The van der Waals surface area contributed by atoms with Gasteiger partial charge in [0.05, 0.1) is 0 Å². The van der Waals surface area contributed by atoms with Crippen LogP contribution in [0.2, 0.25) is 0 Å². The summed E-state index contributed by atoms with van der Waals surface area (Å²) in [7, 11) is 0. The summed E-state index contributed by atoms with van der Waals surface area (Å²) < 4.78 is 0. The summed E-state index contributed by atoms with van der Waals surface area (Å²) >= 11 is 0. The molecule has 20 heavy (non-hydrogen) atoms. The van der Waals surface area contributed by atoms with Crippen LogP contribution in [0.3, 0.4) is 0 Å². The molecule has 1 fully saturated rings. The minimum Gasteiger partial charge on any atom is -0.398 e. The van der Waals surface area contributed by atoms with Crippen molar-refractivity contribution >= 4 is 5.69 Å². The highest BCUT2D eigenvalue weighted by Gasteiger charge is 2.40. The highest BCUT2D eigenvalue weighted by atomic mass is 14.9. The third kappa shape index (κ3) is 2.98. The number of nitrogens with one attached hydrogen (secondary N) is 1. The standard InChI is InChI=1S/C17H29N3/c1-5-20-16-10-12(2)6-7-13(16)17(3,4)14-11-19-9-8-15(14)18/h8-9,11-13,16,20H,5-7,10H2,1-4H3,(H2,18,19). The topological polar surface area (TPSA) is 50.9 Å². The van der Waals surface area contributed by atoms with Gasteiger partial charge in [-0.05, 0) is 48.3 Å². The van der Waals surface area contributed by atoms with Gasteiger partial charge in [-0.25, -0.2) is 0 Å². The van der Waals surface area contributed by atoms with Gasteiger partial charge < -0.3 is 11.1 Å². The predicted molar refractivity (Wildman–Crippen MR) is 85.6 cm³/mol. The molecule has 0 saturated heterocycles. The van der Waals surface area contributed by atoms with Gasteiger partial charge in [0, 0.05) is 24.1 Å². The first-order chi connectivity index (χ1) is 9.46. The second-order valence-electron chi connectivity index (χ2n) is 6.87. The molecule has 3 unspecified atom stereocenters. The number of hydrogen-bond donors (Lipinski definition) is 2. The minimum atomic E-state index is 0.0608. The molecule has 1 aliphatic rings. The zero-order valence-electron chi connectivity index (χ0n) is 13.3. The van der Waals surface area contributed by atoms with Crippen molar-refractivity contribution < 1.29 is 0 Å². The van der Waals surface area contributed by atoms with Gasteiger partial charge in [0.15, 0.2) is 0 Å². The average Bonchev–Trinajstić information content (AvgIpc) is 2.39. The summed E-state index contributed by atoms with van der Waals surface area (Å²) in [6.45, 7) is 10.2. The summed E-state index contributed by atoms with van der Waals surface area (Å²) in [6, 6.07) is 2.50. The number of nitrogen functional groups attached to an aromatic ring is 1. The van der Waals surface area contributed by atoms with Crippen LogP contribution in [0.4, 0.5) is 5.69 Å². The molecule has 0 spiro atoms. The molecule has 3 heteroatoms. The normalized spacial score (nSPS) is 27.5. The largest absolute Gasteiger partial charge is 0.398 e. The molecule has 1 aromatic heterocycles. The molecule has 3 atom stereocenters. The second-order valence-corrected chi connectivity index (χ2v) is 6.87. The van der Waals surface area contributed by atoms with Crippen molar-refractivity contribution in [2.75, 3.05) is 12.3 Å². The molecule has 1 aromatic rings. The number of nitrogens with two attached hydrogens (primary N) is 1. The summed E-state index contributed by atoms with van der Waals surface area (Å²) in [6.07, 6.45) is 7.58. The van der Waals surface area contributed by atoms with Gasteiger partial charge in [0.1, 0.15) is 0 Å². The maximum Gasteiger partial charge on any atom is 0.0383 e. The van der Waals surface area contributed by atoms with Crippen LogP contribution in [-0.2, 0) is 5.41 Å². The van der Waals surface area contributed by atoms with E-state index >= 15 is 0 Å². The summed E-state index contributed by atoms with van der Waals surface area (Å²) in [5, 5.41) is 3.70. The van der Waals surface area contributed by atoms with Crippen molar-refractivity contribution in [1.29, 1.82) is 0 Å². The fraction of sp³-hybridized carbons (Fsp3) is 0.706. The molecule has 0 aromatic carbocycles.